The smallest absolute Gasteiger partial charge is 0.162 e. The molecule has 1 saturated carbocycles. The number of aliphatic hydroxyl groups is 1. The normalized spacial score (nSPS) is 18.4. The van der Waals surface area contributed by atoms with Crippen molar-refractivity contribution in [2.45, 2.75) is 44.6 Å². The van der Waals surface area contributed by atoms with Crippen LogP contribution in [0.4, 0.5) is 0 Å². The van der Waals surface area contributed by atoms with E-state index >= 15 is 0 Å². The van der Waals surface area contributed by atoms with Crippen molar-refractivity contribution < 1.29 is 14.6 Å². The molecule has 2 rings (SSSR count). The molecule has 0 unspecified atom stereocenters. The Bertz CT molecular complexity index is 395. The summed E-state index contributed by atoms with van der Waals surface area (Å²) in [5.41, 5.74) is 0.724. The number of hydrogen-bond acceptors (Lipinski definition) is 3. The third-order valence-electron chi connectivity index (χ3n) is 3.70. The first-order chi connectivity index (χ1) is 8.69. The molecule has 1 N–H and O–H groups in total. The molecule has 18 heavy (non-hydrogen) atoms. The summed E-state index contributed by atoms with van der Waals surface area (Å²) in [6.07, 6.45) is 5.31. The van der Waals surface area contributed by atoms with Crippen LogP contribution in [0.3, 0.4) is 0 Å². The Hall–Kier alpha value is -1.22. The van der Waals surface area contributed by atoms with Crippen LogP contribution in [-0.2, 0) is 0 Å². The highest BCUT2D eigenvalue weighted by Crippen LogP contribution is 2.37. The second-order valence-corrected chi connectivity index (χ2v) is 5.16. The van der Waals surface area contributed by atoms with Crippen molar-refractivity contribution in [3.05, 3.63) is 23.8 Å². The van der Waals surface area contributed by atoms with E-state index in [1.807, 2.05) is 25.1 Å². The minimum atomic E-state index is -0.416. The van der Waals surface area contributed by atoms with Gasteiger partial charge in [-0.1, -0.05) is 12.5 Å². The molecule has 0 spiro atoms. The first-order valence-corrected chi connectivity index (χ1v) is 6.64. The van der Waals surface area contributed by atoms with E-state index in [9.17, 15) is 5.11 Å². The minimum absolute atomic E-state index is 0.0734. The van der Waals surface area contributed by atoms with Crippen LogP contribution in [0.2, 0.25) is 0 Å². The zero-order valence-electron chi connectivity index (χ0n) is 11.2. The summed E-state index contributed by atoms with van der Waals surface area (Å²) in [7, 11) is 1.65. The fourth-order valence-electron chi connectivity index (χ4n) is 2.58. The Kier molecular flexibility index (Phi) is 4.12. The number of ether oxygens (including phenoxy) is 2. The van der Waals surface area contributed by atoms with Gasteiger partial charge in [-0.15, -0.1) is 0 Å². The van der Waals surface area contributed by atoms with Crippen LogP contribution in [0.25, 0.3) is 0 Å². The fraction of sp³-hybridized carbons (Fsp3) is 0.600. The van der Waals surface area contributed by atoms with E-state index in [1.165, 1.54) is 6.42 Å². The van der Waals surface area contributed by atoms with Gasteiger partial charge in [0.2, 0.25) is 0 Å². The molecule has 1 aliphatic rings. The van der Waals surface area contributed by atoms with Crippen molar-refractivity contribution in [2.24, 2.45) is 0 Å². The Morgan fingerprint density at radius 3 is 2.50 bits per heavy atom. The molecule has 0 aromatic heterocycles. The molecule has 0 amide bonds. The molecule has 0 bridgehead atoms. The average molecular weight is 250 g/mol. The van der Waals surface area contributed by atoms with Crippen LogP contribution in [0, 0.1) is 6.92 Å². The molecule has 0 heterocycles. The van der Waals surface area contributed by atoms with Gasteiger partial charge in [0.25, 0.3) is 0 Å². The van der Waals surface area contributed by atoms with E-state index < -0.39 is 5.60 Å². The Morgan fingerprint density at radius 1 is 1.17 bits per heavy atom. The molecule has 1 aromatic rings. The van der Waals surface area contributed by atoms with Gasteiger partial charge >= 0.3 is 0 Å². The molecule has 1 aromatic carbocycles. The molecule has 0 saturated heterocycles. The molecule has 3 heteroatoms. The van der Waals surface area contributed by atoms with Crippen molar-refractivity contribution >= 4 is 0 Å². The van der Waals surface area contributed by atoms with Crippen LogP contribution in [-0.4, -0.2) is 24.4 Å². The summed E-state index contributed by atoms with van der Waals surface area (Å²) in [5, 5.41) is 9.66. The summed E-state index contributed by atoms with van der Waals surface area (Å²) in [6.45, 7) is 2.10. The van der Waals surface area contributed by atoms with Crippen molar-refractivity contribution in [3.63, 3.8) is 0 Å². The van der Waals surface area contributed by atoms with Gasteiger partial charge < -0.3 is 14.6 Å². The molecule has 3 nitrogen and oxygen atoms in total. The number of rotatable bonds is 4. The monoisotopic (exact) mass is 250 g/mol. The lowest BCUT2D eigenvalue weighted by Gasteiger charge is -2.36. The Labute approximate surface area is 109 Å². The lowest BCUT2D eigenvalue weighted by atomic mass is 9.85. The van der Waals surface area contributed by atoms with Gasteiger partial charge in [-0.05, 0) is 50.3 Å². The molecular formula is C15H22O3. The summed E-state index contributed by atoms with van der Waals surface area (Å²) in [4.78, 5) is 0. The first kappa shape index (κ1) is 13.2. The molecule has 1 fully saturated rings. The van der Waals surface area contributed by atoms with Gasteiger partial charge in [0.05, 0.1) is 13.7 Å². The predicted octanol–water partition coefficient (Wildman–Crippen LogP) is 3.08. The predicted molar refractivity (Wildman–Crippen MR) is 71.3 cm³/mol. The third kappa shape index (κ3) is 2.78. The minimum Gasteiger partial charge on any atom is -0.493 e. The van der Waals surface area contributed by atoms with Gasteiger partial charge in [-0.25, -0.2) is 0 Å². The van der Waals surface area contributed by atoms with Crippen LogP contribution < -0.4 is 9.47 Å². The topological polar surface area (TPSA) is 38.7 Å². The summed E-state index contributed by atoms with van der Waals surface area (Å²) in [5.74, 6) is 1.48. The highest BCUT2D eigenvalue weighted by Gasteiger charge is 2.34. The second-order valence-electron chi connectivity index (χ2n) is 5.16. The van der Waals surface area contributed by atoms with Gasteiger partial charge in [-0.3, -0.25) is 0 Å². The zero-order chi connectivity index (χ0) is 13.0. The van der Waals surface area contributed by atoms with Crippen LogP contribution >= 0.6 is 0 Å². The maximum atomic E-state index is 9.66. The largest absolute Gasteiger partial charge is 0.493 e. The van der Waals surface area contributed by atoms with Crippen molar-refractivity contribution in [2.75, 3.05) is 13.7 Å². The Balaban J connectivity index is 2.21. The molecular weight excluding hydrogens is 228 g/mol. The van der Waals surface area contributed by atoms with Gasteiger partial charge in [-0.2, -0.15) is 0 Å². The van der Waals surface area contributed by atoms with Crippen LogP contribution in [0.5, 0.6) is 11.5 Å². The van der Waals surface area contributed by atoms with Gasteiger partial charge in [0.1, 0.15) is 5.60 Å². The fourth-order valence-corrected chi connectivity index (χ4v) is 2.58. The SMILES string of the molecule is COc1cc(C)ccc1OC1(CO)CCCCC1. The molecule has 0 atom stereocenters. The summed E-state index contributed by atoms with van der Waals surface area (Å²) in [6, 6.07) is 5.90. The lowest BCUT2D eigenvalue weighted by Crippen LogP contribution is -2.42. The third-order valence-corrected chi connectivity index (χ3v) is 3.70. The highest BCUT2D eigenvalue weighted by molar-refractivity contribution is 5.43. The molecule has 0 aliphatic heterocycles. The Morgan fingerprint density at radius 2 is 1.89 bits per heavy atom. The maximum absolute atomic E-state index is 9.66. The van der Waals surface area contributed by atoms with Gasteiger partial charge in [0.15, 0.2) is 11.5 Å². The van der Waals surface area contributed by atoms with Crippen molar-refractivity contribution in [3.8, 4) is 11.5 Å². The quantitative estimate of drug-likeness (QED) is 0.892. The number of benzene rings is 1. The van der Waals surface area contributed by atoms with E-state index in [0.717, 1.165) is 42.7 Å². The first-order valence-electron chi connectivity index (χ1n) is 6.64. The van der Waals surface area contributed by atoms with E-state index in [0.29, 0.717) is 0 Å². The number of hydrogen-bond donors (Lipinski definition) is 1. The lowest BCUT2D eigenvalue weighted by molar-refractivity contribution is -0.0213. The summed E-state index contributed by atoms with van der Waals surface area (Å²) >= 11 is 0. The van der Waals surface area contributed by atoms with Crippen molar-refractivity contribution in [1.29, 1.82) is 0 Å². The van der Waals surface area contributed by atoms with E-state index in [1.54, 1.807) is 7.11 Å². The zero-order valence-corrected chi connectivity index (χ0v) is 11.2. The summed E-state index contributed by atoms with van der Waals surface area (Å²) < 4.78 is 11.4. The van der Waals surface area contributed by atoms with E-state index in [-0.39, 0.29) is 6.61 Å². The average Bonchev–Trinajstić information content (AvgIpc) is 2.42. The maximum Gasteiger partial charge on any atom is 0.162 e. The highest BCUT2D eigenvalue weighted by atomic mass is 16.5. The number of aliphatic hydroxyl groups excluding tert-OH is 1. The van der Waals surface area contributed by atoms with E-state index in [4.69, 9.17) is 9.47 Å². The standard InChI is InChI=1S/C15H22O3/c1-12-6-7-13(14(10-12)17-2)18-15(11-16)8-4-3-5-9-15/h6-7,10,16H,3-5,8-9,11H2,1-2H3. The molecule has 1 aliphatic carbocycles. The second kappa shape index (κ2) is 5.61. The van der Waals surface area contributed by atoms with E-state index in [2.05, 4.69) is 0 Å². The van der Waals surface area contributed by atoms with Crippen LogP contribution in [0.1, 0.15) is 37.7 Å². The van der Waals surface area contributed by atoms with Gasteiger partial charge in [0, 0.05) is 0 Å². The molecule has 100 valence electrons. The number of aryl methyl sites for hydroxylation is 1. The van der Waals surface area contributed by atoms with Crippen LogP contribution in [0.15, 0.2) is 18.2 Å². The number of methoxy groups -OCH3 is 1. The molecule has 0 radical (unpaired) electrons. The van der Waals surface area contributed by atoms with Crippen molar-refractivity contribution in [1.82, 2.24) is 0 Å².